The van der Waals surface area contributed by atoms with Crippen LogP contribution in [0.5, 0.6) is 0 Å². The van der Waals surface area contributed by atoms with Crippen molar-refractivity contribution >= 4 is 15.9 Å². The summed E-state index contributed by atoms with van der Waals surface area (Å²) in [7, 11) is 0. The number of nitrogens with one attached hydrogen (secondary N) is 1. The fourth-order valence-electron chi connectivity index (χ4n) is 2.56. The third-order valence-corrected chi connectivity index (χ3v) is 4.21. The van der Waals surface area contributed by atoms with Crippen molar-refractivity contribution < 1.29 is 4.74 Å². The summed E-state index contributed by atoms with van der Waals surface area (Å²) in [6.45, 7) is 2.65. The highest BCUT2D eigenvalue weighted by molar-refractivity contribution is 9.10. The molecular weight excluding hydrogens is 302 g/mol. The Hall–Kier alpha value is -0.380. The van der Waals surface area contributed by atoms with Crippen LogP contribution in [0.15, 0.2) is 28.7 Å². The zero-order valence-electron chi connectivity index (χ0n) is 11.5. The van der Waals surface area contributed by atoms with Gasteiger partial charge in [-0.2, -0.15) is 0 Å². The first-order valence-electron chi connectivity index (χ1n) is 7.40. The van der Waals surface area contributed by atoms with Crippen LogP contribution in [0.4, 0.5) is 0 Å². The SMILES string of the molecule is Brc1ccc(COCCCNC2CCCCC2)cc1. The van der Waals surface area contributed by atoms with Crippen molar-refractivity contribution in [1.29, 1.82) is 0 Å². The van der Waals surface area contributed by atoms with Crippen LogP contribution < -0.4 is 5.32 Å². The first-order valence-corrected chi connectivity index (χ1v) is 8.19. The second kappa shape index (κ2) is 8.72. The van der Waals surface area contributed by atoms with Gasteiger partial charge in [-0.25, -0.2) is 0 Å². The predicted octanol–water partition coefficient (Wildman–Crippen LogP) is 4.28. The molecule has 0 amide bonds. The standard InChI is InChI=1S/C16H24BrNO/c17-15-9-7-14(8-10-15)13-19-12-4-11-18-16-5-2-1-3-6-16/h7-10,16,18H,1-6,11-13H2. The van der Waals surface area contributed by atoms with Crippen molar-refractivity contribution in [3.05, 3.63) is 34.3 Å². The van der Waals surface area contributed by atoms with Crippen LogP contribution >= 0.6 is 15.9 Å². The molecule has 0 heterocycles. The van der Waals surface area contributed by atoms with Crippen molar-refractivity contribution in [3.8, 4) is 0 Å². The van der Waals surface area contributed by atoms with Gasteiger partial charge in [-0.05, 0) is 43.5 Å². The van der Waals surface area contributed by atoms with Gasteiger partial charge < -0.3 is 10.1 Å². The lowest BCUT2D eigenvalue weighted by Gasteiger charge is -2.22. The summed E-state index contributed by atoms with van der Waals surface area (Å²) in [5.41, 5.74) is 1.24. The molecule has 19 heavy (non-hydrogen) atoms. The molecule has 1 N–H and O–H groups in total. The normalized spacial score (nSPS) is 16.7. The molecule has 0 saturated heterocycles. The van der Waals surface area contributed by atoms with E-state index in [1.54, 1.807) is 0 Å². The molecule has 0 spiro atoms. The van der Waals surface area contributed by atoms with Gasteiger partial charge in [-0.1, -0.05) is 47.3 Å². The Morgan fingerprint density at radius 3 is 2.58 bits per heavy atom. The number of benzene rings is 1. The van der Waals surface area contributed by atoms with Crippen molar-refractivity contribution in [2.45, 2.75) is 51.2 Å². The summed E-state index contributed by atoms with van der Waals surface area (Å²) in [5, 5.41) is 3.64. The quantitative estimate of drug-likeness (QED) is 0.755. The molecule has 1 aromatic rings. The van der Waals surface area contributed by atoms with E-state index in [0.29, 0.717) is 0 Å². The highest BCUT2D eigenvalue weighted by Crippen LogP contribution is 2.17. The number of rotatable bonds is 7. The van der Waals surface area contributed by atoms with Gasteiger partial charge in [0.1, 0.15) is 0 Å². The van der Waals surface area contributed by atoms with Gasteiger partial charge in [0, 0.05) is 17.1 Å². The van der Waals surface area contributed by atoms with Crippen LogP contribution in [-0.2, 0) is 11.3 Å². The summed E-state index contributed by atoms with van der Waals surface area (Å²) in [4.78, 5) is 0. The number of hydrogen-bond acceptors (Lipinski definition) is 2. The molecule has 3 heteroatoms. The molecule has 1 fully saturated rings. The van der Waals surface area contributed by atoms with E-state index in [0.717, 1.165) is 36.7 Å². The van der Waals surface area contributed by atoms with Gasteiger partial charge in [-0.15, -0.1) is 0 Å². The lowest BCUT2D eigenvalue weighted by molar-refractivity contribution is 0.117. The van der Waals surface area contributed by atoms with E-state index in [4.69, 9.17) is 4.74 Å². The first kappa shape index (κ1) is 15.0. The monoisotopic (exact) mass is 325 g/mol. The minimum absolute atomic E-state index is 0.719. The Bertz CT molecular complexity index is 346. The zero-order valence-corrected chi connectivity index (χ0v) is 13.1. The van der Waals surface area contributed by atoms with Gasteiger partial charge in [0.15, 0.2) is 0 Å². The Balaban J connectivity index is 1.49. The minimum atomic E-state index is 0.719. The van der Waals surface area contributed by atoms with Crippen molar-refractivity contribution in [2.75, 3.05) is 13.2 Å². The van der Waals surface area contributed by atoms with Crippen LogP contribution in [0.25, 0.3) is 0 Å². The highest BCUT2D eigenvalue weighted by atomic mass is 79.9. The van der Waals surface area contributed by atoms with Crippen LogP contribution in [-0.4, -0.2) is 19.2 Å². The molecule has 2 rings (SSSR count). The fourth-order valence-corrected chi connectivity index (χ4v) is 2.82. The molecular formula is C16H24BrNO. The molecule has 1 aliphatic carbocycles. The smallest absolute Gasteiger partial charge is 0.0716 e. The largest absolute Gasteiger partial charge is 0.377 e. The van der Waals surface area contributed by atoms with Crippen molar-refractivity contribution in [2.24, 2.45) is 0 Å². The van der Waals surface area contributed by atoms with Crippen molar-refractivity contribution in [1.82, 2.24) is 5.32 Å². The van der Waals surface area contributed by atoms with E-state index in [2.05, 4.69) is 45.5 Å². The fraction of sp³-hybridized carbons (Fsp3) is 0.625. The van der Waals surface area contributed by atoms with E-state index in [1.807, 2.05) is 0 Å². The Morgan fingerprint density at radius 2 is 1.84 bits per heavy atom. The van der Waals surface area contributed by atoms with Gasteiger partial charge in [0.05, 0.1) is 6.61 Å². The second-order valence-corrected chi connectivity index (χ2v) is 6.24. The van der Waals surface area contributed by atoms with E-state index in [-0.39, 0.29) is 0 Å². The Morgan fingerprint density at radius 1 is 1.11 bits per heavy atom. The average molecular weight is 326 g/mol. The molecule has 0 bridgehead atoms. The first-order chi connectivity index (χ1) is 9.34. The van der Waals surface area contributed by atoms with Gasteiger partial charge in [0.25, 0.3) is 0 Å². The maximum Gasteiger partial charge on any atom is 0.0716 e. The Labute approximate surface area is 125 Å². The van der Waals surface area contributed by atoms with Gasteiger partial charge >= 0.3 is 0 Å². The summed E-state index contributed by atoms with van der Waals surface area (Å²) in [5.74, 6) is 0. The van der Waals surface area contributed by atoms with Crippen LogP contribution in [0.2, 0.25) is 0 Å². The zero-order chi connectivity index (χ0) is 13.3. The van der Waals surface area contributed by atoms with E-state index >= 15 is 0 Å². The third-order valence-electron chi connectivity index (χ3n) is 3.69. The summed E-state index contributed by atoms with van der Waals surface area (Å²) < 4.78 is 6.81. The Kier molecular flexibility index (Phi) is 6.90. The molecule has 0 radical (unpaired) electrons. The summed E-state index contributed by atoms with van der Waals surface area (Å²) in [6, 6.07) is 9.08. The number of hydrogen-bond donors (Lipinski definition) is 1. The second-order valence-electron chi connectivity index (χ2n) is 5.32. The molecule has 0 aliphatic heterocycles. The number of ether oxygens (including phenoxy) is 1. The van der Waals surface area contributed by atoms with E-state index in [9.17, 15) is 0 Å². The van der Waals surface area contributed by atoms with E-state index < -0.39 is 0 Å². The summed E-state index contributed by atoms with van der Waals surface area (Å²) in [6.07, 6.45) is 8.05. The van der Waals surface area contributed by atoms with Crippen LogP contribution in [0.3, 0.4) is 0 Å². The third kappa shape index (κ3) is 6.07. The van der Waals surface area contributed by atoms with Crippen molar-refractivity contribution in [3.63, 3.8) is 0 Å². The molecule has 2 nitrogen and oxygen atoms in total. The van der Waals surface area contributed by atoms with Gasteiger partial charge in [0.2, 0.25) is 0 Å². The van der Waals surface area contributed by atoms with E-state index in [1.165, 1.54) is 37.7 Å². The highest BCUT2D eigenvalue weighted by Gasteiger charge is 2.11. The topological polar surface area (TPSA) is 21.3 Å². The maximum absolute atomic E-state index is 5.69. The lowest BCUT2D eigenvalue weighted by atomic mass is 9.95. The molecule has 1 aromatic carbocycles. The van der Waals surface area contributed by atoms with Crippen LogP contribution in [0, 0.1) is 0 Å². The molecule has 1 aliphatic rings. The molecule has 0 atom stereocenters. The average Bonchev–Trinajstić information content (AvgIpc) is 2.46. The lowest BCUT2D eigenvalue weighted by Crippen LogP contribution is -2.32. The predicted molar refractivity (Wildman–Crippen MR) is 83.3 cm³/mol. The van der Waals surface area contributed by atoms with Gasteiger partial charge in [-0.3, -0.25) is 0 Å². The number of halogens is 1. The molecule has 0 unspecified atom stereocenters. The molecule has 0 aromatic heterocycles. The van der Waals surface area contributed by atoms with Crippen LogP contribution in [0.1, 0.15) is 44.1 Å². The summed E-state index contributed by atoms with van der Waals surface area (Å²) >= 11 is 3.44. The molecule has 106 valence electrons. The molecule has 1 saturated carbocycles. The maximum atomic E-state index is 5.69. The minimum Gasteiger partial charge on any atom is -0.377 e.